The predicted octanol–water partition coefficient (Wildman–Crippen LogP) is 1.63. The van der Waals surface area contributed by atoms with E-state index >= 15 is 0 Å². The van der Waals surface area contributed by atoms with Gasteiger partial charge >= 0.3 is 5.69 Å². The monoisotopic (exact) mass is 354 g/mol. The molecule has 1 N–H and O–H groups in total. The Morgan fingerprint density at radius 2 is 2.25 bits per heavy atom. The highest BCUT2D eigenvalue weighted by Crippen LogP contribution is 2.23. The molecule has 134 valence electrons. The highest BCUT2D eigenvalue weighted by molar-refractivity contribution is 7.99. The van der Waals surface area contributed by atoms with Gasteiger partial charge in [-0.25, -0.2) is 9.89 Å². The lowest BCUT2D eigenvalue weighted by molar-refractivity contribution is -0.132. The molecule has 2 saturated heterocycles. The second kappa shape index (κ2) is 8.20. The molecule has 1 aromatic rings. The average molecular weight is 354 g/mol. The van der Waals surface area contributed by atoms with Crippen LogP contribution in [0.2, 0.25) is 0 Å². The first kappa shape index (κ1) is 17.5. The Labute approximate surface area is 146 Å². The van der Waals surface area contributed by atoms with Gasteiger partial charge in [-0.1, -0.05) is 18.7 Å². The van der Waals surface area contributed by atoms with Crippen molar-refractivity contribution in [2.75, 3.05) is 18.9 Å². The average Bonchev–Trinajstić information content (AvgIpc) is 3.24. The maximum atomic E-state index is 12.6. The van der Waals surface area contributed by atoms with Gasteiger partial charge in [0, 0.05) is 19.2 Å². The van der Waals surface area contributed by atoms with Crippen molar-refractivity contribution in [2.24, 2.45) is 0 Å². The van der Waals surface area contributed by atoms with E-state index in [1.807, 2.05) is 4.90 Å². The van der Waals surface area contributed by atoms with Crippen molar-refractivity contribution < 1.29 is 9.53 Å². The van der Waals surface area contributed by atoms with E-state index in [0.717, 1.165) is 45.3 Å². The van der Waals surface area contributed by atoms with Crippen LogP contribution in [-0.2, 0) is 16.1 Å². The Morgan fingerprint density at radius 3 is 3.00 bits per heavy atom. The number of nitrogens with one attached hydrogen (secondary N) is 1. The quantitative estimate of drug-likeness (QED) is 0.786. The maximum absolute atomic E-state index is 12.6. The van der Waals surface area contributed by atoms with E-state index in [2.05, 4.69) is 17.1 Å². The van der Waals surface area contributed by atoms with E-state index in [0.29, 0.717) is 23.5 Å². The number of hydrogen-bond donors (Lipinski definition) is 1. The lowest BCUT2D eigenvalue weighted by Crippen LogP contribution is -2.44. The second-order valence-corrected chi connectivity index (χ2v) is 7.43. The van der Waals surface area contributed by atoms with Crippen LogP contribution in [0.3, 0.4) is 0 Å². The first-order chi connectivity index (χ1) is 11.7. The molecule has 3 heterocycles. The molecule has 0 aromatic carbocycles. The summed E-state index contributed by atoms with van der Waals surface area (Å²) in [5.41, 5.74) is -0.232. The number of thioether (sulfide) groups is 1. The van der Waals surface area contributed by atoms with Gasteiger partial charge in [0.15, 0.2) is 5.16 Å². The van der Waals surface area contributed by atoms with Crippen molar-refractivity contribution >= 4 is 17.7 Å². The lowest BCUT2D eigenvalue weighted by atomic mass is 10.0. The molecular formula is C16H26N4O3S. The van der Waals surface area contributed by atoms with Crippen molar-refractivity contribution in [3.05, 3.63) is 10.5 Å². The third-order valence-electron chi connectivity index (χ3n) is 4.88. The Morgan fingerprint density at radius 1 is 1.38 bits per heavy atom. The number of aromatic amines is 1. The largest absolute Gasteiger partial charge is 0.376 e. The van der Waals surface area contributed by atoms with Crippen LogP contribution in [-0.4, -0.2) is 56.6 Å². The second-order valence-electron chi connectivity index (χ2n) is 6.49. The molecule has 3 rings (SSSR count). The molecule has 2 unspecified atom stereocenters. The Hall–Kier alpha value is -1.28. The standard InChI is InChI=1S/C16H26N4O3S/c1-2-12-6-3-4-8-19(12)14(21)11-24-16-18-17-15(22)20(16)10-13-7-5-9-23-13/h12-13H,2-11H2,1H3,(H,17,22). The van der Waals surface area contributed by atoms with E-state index in [4.69, 9.17) is 4.74 Å². The first-order valence-corrected chi connectivity index (χ1v) is 9.86. The minimum Gasteiger partial charge on any atom is -0.376 e. The smallest absolute Gasteiger partial charge is 0.344 e. The third-order valence-corrected chi connectivity index (χ3v) is 5.84. The molecule has 1 amide bonds. The van der Waals surface area contributed by atoms with Crippen LogP contribution in [0, 0.1) is 0 Å². The number of carbonyl (C=O) groups is 1. The van der Waals surface area contributed by atoms with Crippen LogP contribution >= 0.6 is 11.8 Å². The van der Waals surface area contributed by atoms with Crippen molar-refractivity contribution in [1.29, 1.82) is 0 Å². The predicted molar refractivity (Wildman–Crippen MR) is 92.2 cm³/mol. The van der Waals surface area contributed by atoms with Crippen LogP contribution in [0.25, 0.3) is 0 Å². The van der Waals surface area contributed by atoms with E-state index in [9.17, 15) is 9.59 Å². The molecule has 1 aromatic heterocycles. The number of H-pyrrole nitrogens is 1. The van der Waals surface area contributed by atoms with Crippen molar-refractivity contribution in [3.8, 4) is 0 Å². The van der Waals surface area contributed by atoms with E-state index in [-0.39, 0.29) is 17.7 Å². The number of aromatic nitrogens is 3. The van der Waals surface area contributed by atoms with Crippen LogP contribution in [0.5, 0.6) is 0 Å². The lowest BCUT2D eigenvalue weighted by Gasteiger charge is -2.35. The first-order valence-electron chi connectivity index (χ1n) is 8.88. The normalized spacial score (nSPS) is 24.5. The summed E-state index contributed by atoms with van der Waals surface area (Å²) in [6, 6.07) is 0.361. The molecule has 2 atom stereocenters. The fourth-order valence-corrected chi connectivity index (χ4v) is 4.37. The number of rotatable bonds is 6. The number of hydrogen-bond acceptors (Lipinski definition) is 5. The molecule has 0 aliphatic carbocycles. The molecule has 24 heavy (non-hydrogen) atoms. The summed E-state index contributed by atoms with van der Waals surface area (Å²) in [5.74, 6) is 0.470. The van der Waals surface area contributed by atoms with E-state index in [1.54, 1.807) is 4.57 Å². The van der Waals surface area contributed by atoms with Gasteiger partial charge in [0.25, 0.3) is 0 Å². The Balaban J connectivity index is 1.59. The molecule has 7 nitrogen and oxygen atoms in total. The van der Waals surface area contributed by atoms with Gasteiger partial charge in [0.2, 0.25) is 5.91 Å². The van der Waals surface area contributed by atoms with Crippen molar-refractivity contribution in [1.82, 2.24) is 19.7 Å². The number of carbonyl (C=O) groups excluding carboxylic acids is 1. The molecule has 0 saturated carbocycles. The molecule has 2 fully saturated rings. The van der Waals surface area contributed by atoms with Crippen LogP contribution in [0.4, 0.5) is 0 Å². The molecular weight excluding hydrogens is 328 g/mol. The molecule has 0 radical (unpaired) electrons. The molecule has 8 heteroatoms. The summed E-state index contributed by atoms with van der Waals surface area (Å²) >= 11 is 1.34. The fraction of sp³-hybridized carbons (Fsp3) is 0.812. The van der Waals surface area contributed by atoms with Gasteiger partial charge in [-0.2, -0.15) is 0 Å². The Bertz CT molecular complexity index is 609. The van der Waals surface area contributed by atoms with Gasteiger partial charge in [-0.15, -0.1) is 5.10 Å². The zero-order chi connectivity index (χ0) is 16.9. The zero-order valence-corrected chi connectivity index (χ0v) is 15.0. The van der Waals surface area contributed by atoms with E-state index in [1.165, 1.54) is 18.2 Å². The van der Waals surface area contributed by atoms with Gasteiger partial charge in [-0.3, -0.25) is 9.36 Å². The molecule has 2 aliphatic heterocycles. The maximum Gasteiger partial charge on any atom is 0.344 e. The van der Waals surface area contributed by atoms with Gasteiger partial charge in [0.1, 0.15) is 0 Å². The van der Waals surface area contributed by atoms with Crippen molar-refractivity contribution in [2.45, 2.75) is 69.3 Å². The highest BCUT2D eigenvalue weighted by Gasteiger charge is 2.26. The summed E-state index contributed by atoms with van der Waals surface area (Å²) in [5, 5.41) is 7.14. The molecule has 0 spiro atoms. The topological polar surface area (TPSA) is 80.2 Å². The minimum absolute atomic E-state index is 0.0712. The number of amides is 1. The van der Waals surface area contributed by atoms with Crippen LogP contribution < -0.4 is 5.69 Å². The summed E-state index contributed by atoms with van der Waals surface area (Å²) in [7, 11) is 0. The molecule has 2 aliphatic rings. The Kier molecular flexibility index (Phi) is 5.99. The van der Waals surface area contributed by atoms with Gasteiger partial charge < -0.3 is 9.64 Å². The number of piperidine rings is 1. The SMILES string of the molecule is CCC1CCCCN1C(=O)CSc1n[nH]c(=O)n1CC1CCCO1. The highest BCUT2D eigenvalue weighted by atomic mass is 32.2. The number of nitrogens with zero attached hydrogens (tertiary/aromatic N) is 3. The van der Waals surface area contributed by atoms with Gasteiger partial charge in [0.05, 0.1) is 18.4 Å². The number of ether oxygens (including phenoxy) is 1. The van der Waals surface area contributed by atoms with Crippen LogP contribution in [0.1, 0.15) is 45.4 Å². The third kappa shape index (κ3) is 4.03. The summed E-state index contributed by atoms with van der Waals surface area (Å²) in [4.78, 5) is 26.5. The summed E-state index contributed by atoms with van der Waals surface area (Å²) in [6.07, 6.45) is 6.45. The summed E-state index contributed by atoms with van der Waals surface area (Å²) in [6.45, 7) is 4.25. The summed E-state index contributed by atoms with van der Waals surface area (Å²) < 4.78 is 7.20. The number of likely N-dealkylation sites (tertiary alicyclic amines) is 1. The van der Waals surface area contributed by atoms with Crippen LogP contribution in [0.15, 0.2) is 9.95 Å². The minimum atomic E-state index is -0.232. The van der Waals surface area contributed by atoms with Gasteiger partial charge in [-0.05, 0) is 38.5 Å². The van der Waals surface area contributed by atoms with E-state index < -0.39 is 0 Å². The zero-order valence-electron chi connectivity index (χ0n) is 14.2. The molecule has 0 bridgehead atoms. The van der Waals surface area contributed by atoms with Crippen molar-refractivity contribution in [3.63, 3.8) is 0 Å². The fourth-order valence-electron chi connectivity index (χ4n) is 3.53.